The van der Waals surface area contributed by atoms with E-state index in [-0.39, 0.29) is 0 Å². The van der Waals surface area contributed by atoms with Crippen LogP contribution in [0.25, 0.3) is 22.4 Å². The molecular weight excluding hydrogens is 210 g/mol. The molecule has 3 nitrogen and oxygen atoms in total. The normalized spacial score (nSPS) is 12.5. The van der Waals surface area contributed by atoms with Gasteiger partial charge >= 0.3 is 0 Å². The standard InChI is InChI=1S/C14H9N3/c1-2-5-10-9(4-1)8-12-13(10)16-11-6-3-7-15-14(11)17-12/h1-7H,8H2. The molecule has 1 aromatic carbocycles. The molecule has 80 valence electrons. The van der Waals surface area contributed by atoms with Crippen LogP contribution in [-0.4, -0.2) is 15.0 Å². The zero-order valence-electron chi connectivity index (χ0n) is 9.09. The van der Waals surface area contributed by atoms with E-state index in [0.29, 0.717) is 0 Å². The highest BCUT2D eigenvalue weighted by Gasteiger charge is 2.21. The van der Waals surface area contributed by atoms with Gasteiger partial charge in [-0.25, -0.2) is 15.0 Å². The van der Waals surface area contributed by atoms with Crippen molar-refractivity contribution in [3.63, 3.8) is 0 Å². The second kappa shape index (κ2) is 3.10. The fourth-order valence-electron chi connectivity index (χ4n) is 2.35. The third-order valence-corrected chi connectivity index (χ3v) is 3.14. The molecule has 0 unspecified atom stereocenters. The van der Waals surface area contributed by atoms with E-state index >= 15 is 0 Å². The predicted molar refractivity (Wildman–Crippen MR) is 65.6 cm³/mol. The molecule has 0 aliphatic heterocycles. The molecule has 1 aliphatic rings. The molecule has 17 heavy (non-hydrogen) atoms. The SMILES string of the molecule is c1ccc2c(c1)Cc1nc3ncccc3nc1-2. The summed E-state index contributed by atoms with van der Waals surface area (Å²) in [6.07, 6.45) is 2.62. The Morgan fingerprint density at radius 2 is 1.88 bits per heavy atom. The minimum atomic E-state index is 0.735. The first-order valence-corrected chi connectivity index (χ1v) is 5.62. The van der Waals surface area contributed by atoms with Crippen LogP contribution < -0.4 is 0 Å². The van der Waals surface area contributed by atoms with E-state index in [1.165, 1.54) is 11.1 Å². The number of aromatic nitrogens is 3. The van der Waals surface area contributed by atoms with Crippen molar-refractivity contribution in [1.82, 2.24) is 15.0 Å². The van der Waals surface area contributed by atoms with E-state index in [4.69, 9.17) is 0 Å². The summed E-state index contributed by atoms with van der Waals surface area (Å²) in [5.74, 6) is 0. The zero-order valence-corrected chi connectivity index (χ0v) is 9.09. The summed E-state index contributed by atoms with van der Waals surface area (Å²) >= 11 is 0. The van der Waals surface area contributed by atoms with Crippen LogP contribution >= 0.6 is 0 Å². The average Bonchev–Trinajstić information content (AvgIpc) is 2.73. The molecule has 2 aromatic heterocycles. The summed E-state index contributed by atoms with van der Waals surface area (Å²) in [5, 5.41) is 0. The summed E-state index contributed by atoms with van der Waals surface area (Å²) in [4.78, 5) is 13.5. The largest absolute Gasteiger partial charge is 0.242 e. The van der Waals surface area contributed by atoms with Crippen molar-refractivity contribution in [2.45, 2.75) is 6.42 Å². The molecule has 0 N–H and O–H groups in total. The highest BCUT2D eigenvalue weighted by molar-refractivity contribution is 5.79. The van der Waals surface area contributed by atoms with E-state index in [1.807, 2.05) is 18.2 Å². The number of fused-ring (bicyclic) bond motifs is 4. The van der Waals surface area contributed by atoms with E-state index in [1.54, 1.807) is 6.20 Å². The maximum Gasteiger partial charge on any atom is 0.178 e. The molecular formula is C14H9N3. The molecule has 0 bridgehead atoms. The Morgan fingerprint density at radius 1 is 0.941 bits per heavy atom. The molecule has 0 saturated heterocycles. The number of hydrogen-bond acceptors (Lipinski definition) is 3. The van der Waals surface area contributed by atoms with Crippen molar-refractivity contribution in [2.24, 2.45) is 0 Å². The second-order valence-electron chi connectivity index (χ2n) is 4.20. The van der Waals surface area contributed by atoms with Crippen LogP contribution in [-0.2, 0) is 6.42 Å². The molecule has 3 heteroatoms. The molecule has 0 atom stereocenters. The Labute approximate surface area is 98.2 Å². The van der Waals surface area contributed by atoms with Crippen LogP contribution in [0.15, 0.2) is 42.6 Å². The maximum atomic E-state index is 4.67. The van der Waals surface area contributed by atoms with Gasteiger partial charge in [0.05, 0.1) is 11.4 Å². The topological polar surface area (TPSA) is 38.7 Å². The highest BCUT2D eigenvalue weighted by Crippen LogP contribution is 2.34. The van der Waals surface area contributed by atoms with Crippen molar-refractivity contribution < 1.29 is 0 Å². The summed E-state index contributed by atoms with van der Waals surface area (Å²) < 4.78 is 0. The summed E-state index contributed by atoms with van der Waals surface area (Å²) in [7, 11) is 0. The lowest BCUT2D eigenvalue weighted by Gasteiger charge is -2.01. The van der Waals surface area contributed by atoms with Crippen LogP contribution in [0.4, 0.5) is 0 Å². The van der Waals surface area contributed by atoms with Crippen molar-refractivity contribution in [3.8, 4) is 11.3 Å². The average molecular weight is 219 g/mol. The Balaban J connectivity index is 2.07. The lowest BCUT2D eigenvalue weighted by Crippen LogP contribution is -1.93. The first kappa shape index (κ1) is 8.82. The zero-order chi connectivity index (χ0) is 11.2. The summed E-state index contributed by atoms with van der Waals surface area (Å²) in [6, 6.07) is 12.2. The number of rotatable bonds is 0. The van der Waals surface area contributed by atoms with Crippen molar-refractivity contribution in [1.29, 1.82) is 0 Å². The van der Waals surface area contributed by atoms with Gasteiger partial charge in [0.25, 0.3) is 0 Å². The minimum Gasteiger partial charge on any atom is -0.242 e. The molecule has 0 fully saturated rings. The van der Waals surface area contributed by atoms with Gasteiger partial charge in [0.1, 0.15) is 5.52 Å². The van der Waals surface area contributed by atoms with Gasteiger partial charge in [0, 0.05) is 18.2 Å². The van der Waals surface area contributed by atoms with Crippen molar-refractivity contribution >= 4 is 11.2 Å². The van der Waals surface area contributed by atoms with Gasteiger partial charge in [-0.3, -0.25) is 0 Å². The summed E-state index contributed by atoms with van der Waals surface area (Å²) in [6.45, 7) is 0. The van der Waals surface area contributed by atoms with Gasteiger partial charge in [-0.15, -0.1) is 0 Å². The second-order valence-corrected chi connectivity index (χ2v) is 4.20. The first-order valence-electron chi connectivity index (χ1n) is 5.62. The monoisotopic (exact) mass is 219 g/mol. The van der Waals surface area contributed by atoms with Crippen LogP contribution in [0, 0.1) is 0 Å². The van der Waals surface area contributed by atoms with Gasteiger partial charge < -0.3 is 0 Å². The molecule has 0 saturated carbocycles. The lowest BCUT2D eigenvalue weighted by atomic mass is 10.1. The lowest BCUT2D eigenvalue weighted by molar-refractivity contribution is 1.10. The van der Waals surface area contributed by atoms with Crippen LogP contribution in [0.1, 0.15) is 11.3 Å². The minimum absolute atomic E-state index is 0.735. The number of hydrogen-bond donors (Lipinski definition) is 0. The number of benzene rings is 1. The van der Waals surface area contributed by atoms with Crippen molar-refractivity contribution in [3.05, 3.63) is 53.9 Å². The van der Waals surface area contributed by atoms with Gasteiger partial charge in [0.15, 0.2) is 5.65 Å². The Bertz CT molecular complexity index is 734. The fourth-order valence-corrected chi connectivity index (χ4v) is 2.35. The fraction of sp³-hybridized carbons (Fsp3) is 0.0714. The smallest absolute Gasteiger partial charge is 0.178 e. The van der Waals surface area contributed by atoms with E-state index in [2.05, 4.69) is 33.2 Å². The van der Waals surface area contributed by atoms with E-state index in [0.717, 1.165) is 29.0 Å². The third-order valence-electron chi connectivity index (χ3n) is 3.14. The molecule has 0 spiro atoms. The summed E-state index contributed by atoms with van der Waals surface area (Å²) in [5.41, 5.74) is 6.17. The molecule has 3 aromatic rings. The third kappa shape index (κ3) is 1.19. The molecule has 4 rings (SSSR count). The number of pyridine rings is 1. The molecule has 0 radical (unpaired) electrons. The van der Waals surface area contributed by atoms with E-state index < -0.39 is 0 Å². The quantitative estimate of drug-likeness (QED) is 0.456. The van der Waals surface area contributed by atoms with Gasteiger partial charge in [-0.2, -0.15) is 0 Å². The van der Waals surface area contributed by atoms with E-state index in [9.17, 15) is 0 Å². The van der Waals surface area contributed by atoms with Crippen molar-refractivity contribution in [2.75, 3.05) is 0 Å². The Morgan fingerprint density at radius 3 is 2.88 bits per heavy atom. The van der Waals surface area contributed by atoms with Crippen LogP contribution in [0.3, 0.4) is 0 Å². The number of nitrogens with zero attached hydrogens (tertiary/aromatic N) is 3. The first-order chi connectivity index (χ1) is 8.42. The molecule has 1 aliphatic carbocycles. The predicted octanol–water partition coefficient (Wildman–Crippen LogP) is 2.60. The van der Waals surface area contributed by atoms with Gasteiger partial charge in [0.2, 0.25) is 0 Å². The maximum absolute atomic E-state index is 4.67. The van der Waals surface area contributed by atoms with Gasteiger partial charge in [-0.05, 0) is 17.7 Å². The van der Waals surface area contributed by atoms with Gasteiger partial charge in [-0.1, -0.05) is 24.3 Å². The molecule has 0 amide bonds. The van der Waals surface area contributed by atoms with Crippen LogP contribution in [0.5, 0.6) is 0 Å². The highest BCUT2D eigenvalue weighted by atomic mass is 14.9. The molecule has 2 heterocycles. The Kier molecular flexibility index (Phi) is 1.61. The van der Waals surface area contributed by atoms with Crippen LogP contribution in [0.2, 0.25) is 0 Å². The Hall–Kier alpha value is -2.29.